The smallest absolute Gasteiger partial charge is 0.341 e. The minimum Gasteiger partial charge on any atom is -0.500 e. The van der Waals surface area contributed by atoms with Crippen LogP contribution < -0.4 is 0 Å². The van der Waals surface area contributed by atoms with Crippen LogP contribution in [0.15, 0.2) is 59.1 Å². The van der Waals surface area contributed by atoms with Gasteiger partial charge < -0.3 is 19.3 Å². The molecule has 216 valence electrons. The normalized spacial score (nSPS) is 21.9. The first kappa shape index (κ1) is 30.8. The second-order valence-corrected chi connectivity index (χ2v) is 12.8. The van der Waals surface area contributed by atoms with Gasteiger partial charge in [0.05, 0.1) is 19.8 Å². The molecule has 6 heteroatoms. The quantitative estimate of drug-likeness (QED) is 0.294. The molecule has 3 rings (SSSR count). The molecule has 6 nitrogen and oxygen atoms in total. The number of ether oxygens (including phenoxy) is 2. The number of hydrogen-bond acceptors (Lipinski definition) is 6. The van der Waals surface area contributed by atoms with Gasteiger partial charge in [0.2, 0.25) is 0 Å². The molecule has 0 saturated carbocycles. The van der Waals surface area contributed by atoms with E-state index in [9.17, 15) is 4.79 Å². The van der Waals surface area contributed by atoms with E-state index in [1.54, 1.807) is 7.11 Å². The van der Waals surface area contributed by atoms with E-state index in [1.807, 2.05) is 6.08 Å². The number of benzene rings is 1. The monoisotopic (exact) mass is 537 g/mol. The Balaban J connectivity index is 1.94. The highest BCUT2D eigenvalue weighted by Gasteiger charge is 2.38. The molecule has 0 saturated heterocycles. The number of rotatable bonds is 11. The molecule has 1 aliphatic heterocycles. The second kappa shape index (κ2) is 12.6. The summed E-state index contributed by atoms with van der Waals surface area (Å²) in [6.07, 6.45) is 7.25. The lowest BCUT2D eigenvalue weighted by molar-refractivity contribution is -0.136. The summed E-state index contributed by atoms with van der Waals surface area (Å²) in [5.74, 6) is 0.350. The predicted molar refractivity (Wildman–Crippen MR) is 160 cm³/mol. The molecule has 0 spiro atoms. The molecule has 2 atom stereocenters. The van der Waals surface area contributed by atoms with Crippen LogP contribution in [0, 0.1) is 17.8 Å². The molecule has 0 aromatic heterocycles. The SMILES string of the molecule is CCCCN1C(CN(CC(C)(C)C)CC2(C)C=CC(C(=O)OC)=C(OC)C2)=C(C)N(C)C1c1ccccc1C. The number of carbonyl (C=O) groups is 1. The summed E-state index contributed by atoms with van der Waals surface area (Å²) in [6.45, 7) is 19.7. The molecule has 39 heavy (non-hydrogen) atoms. The van der Waals surface area contributed by atoms with E-state index < -0.39 is 0 Å². The molecule has 0 bridgehead atoms. The third-order valence-electron chi connectivity index (χ3n) is 8.00. The van der Waals surface area contributed by atoms with Crippen molar-refractivity contribution in [2.24, 2.45) is 10.8 Å². The van der Waals surface area contributed by atoms with Crippen molar-refractivity contribution >= 4 is 5.97 Å². The lowest BCUT2D eigenvalue weighted by Crippen LogP contribution is -2.43. The van der Waals surface area contributed by atoms with Crippen LogP contribution in [0.1, 0.15) is 78.1 Å². The Bertz CT molecular complexity index is 1110. The largest absolute Gasteiger partial charge is 0.500 e. The molecule has 0 N–H and O–H groups in total. The molecule has 1 aromatic carbocycles. The topological polar surface area (TPSA) is 45.3 Å². The lowest BCUT2D eigenvalue weighted by Gasteiger charge is -2.40. The number of allylic oxidation sites excluding steroid dienone is 2. The molecule has 2 aliphatic rings. The molecule has 2 unspecified atom stereocenters. The van der Waals surface area contributed by atoms with Gasteiger partial charge in [0.25, 0.3) is 0 Å². The van der Waals surface area contributed by atoms with Crippen molar-refractivity contribution in [3.05, 3.63) is 70.3 Å². The summed E-state index contributed by atoms with van der Waals surface area (Å²) in [6, 6.07) is 8.79. The van der Waals surface area contributed by atoms with Crippen LogP contribution >= 0.6 is 0 Å². The highest BCUT2D eigenvalue weighted by Crippen LogP contribution is 2.41. The van der Waals surface area contributed by atoms with Crippen LogP contribution in [0.3, 0.4) is 0 Å². The molecular weight excluding hydrogens is 486 g/mol. The summed E-state index contributed by atoms with van der Waals surface area (Å²) in [5.41, 5.74) is 5.93. The fraction of sp³-hybridized carbons (Fsp3) is 0.606. The average Bonchev–Trinajstić information content (AvgIpc) is 3.10. The van der Waals surface area contributed by atoms with E-state index in [-0.39, 0.29) is 23.0 Å². The van der Waals surface area contributed by atoms with E-state index in [0.717, 1.165) is 39.0 Å². The Labute approximate surface area is 237 Å². The maximum absolute atomic E-state index is 12.3. The Morgan fingerprint density at radius 3 is 2.46 bits per heavy atom. The fourth-order valence-electron chi connectivity index (χ4n) is 6.04. The third-order valence-corrected chi connectivity index (χ3v) is 8.00. The highest BCUT2D eigenvalue weighted by atomic mass is 16.5. The number of hydrogen-bond donors (Lipinski definition) is 0. The minimum absolute atomic E-state index is 0.133. The van der Waals surface area contributed by atoms with Crippen molar-refractivity contribution < 1.29 is 14.3 Å². The second-order valence-electron chi connectivity index (χ2n) is 12.8. The number of nitrogens with zero attached hydrogens (tertiary/aromatic N) is 3. The molecule has 0 amide bonds. The molecular formula is C33H51N3O3. The highest BCUT2D eigenvalue weighted by molar-refractivity contribution is 5.92. The van der Waals surface area contributed by atoms with Crippen LogP contribution in [0.25, 0.3) is 0 Å². The predicted octanol–water partition coefficient (Wildman–Crippen LogP) is 6.66. The van der Waals surface area contributed by atoms with Crippen molar-refractivity contribution in [1.82, 2.24) is 14.7 Å². The Kier molecular flexibility index (Phi) is 9.98. The van der Waals surface area contributed by atoms with Gasteiger partial charge in [-0.1, -0.05) is 71.4 Å². The summed E-state index contributed by atoms with van der Waals surface area (Å²) in [7, 11) is 5.30. The van der Waals surface area contributed by atoms with E-state index >= 15 is 0 Å². The van der Waals surface area contributed by atoms with Gasteiger partial charge in [-0.05, 0) is 42.9 Å². The lowest BCUT2D eigenvalue weighted by atomic mass is 9.79. The summed E-state index contributed by atoms with van der Waals surface area (Å²) in [4.78, 5) is 20.0. The molecule has 1 heterocycles. The molecule has 0 radical (unpaired) electrons. The van der Waals surface area contributed by atoms with Crippen LogP contribution in [-0.4, -0.2) is 68.1 Å². The molecule has 1 aromatic rings. The van der Waals surface area contributed by atoms with Crippen molar-refractivity contribution in [2.45, 2.75) is 73.9 Å². The number of carbonyl (C=O) groups excluding carboxylic acids is 1. The summed E-state index contributed by atoms with van der Waals surface area (Å²) >= 11 is 0. The molecule has 0 fully saturated rings. The fourth-order valence-corrected chi connectivity index (χ4v) is 6.04. The minimum atomic E-state index is -0.347. The first-order valence-electron chi connectivity index (χ1n) is 14.4. The van der Waals surface area contributed by atoms with Crippen LogP contribution in [0.5, 0.6) is 0 Å². The number of esters is 1. The van der Waals surface area contributed by atoms with Gasteiger partial charge in [-0.25, -0.2) is 4.79 Å². The zero-order valence-electron chi connectivity index (χ0n) is 26.1. The number of aryl methyl sites for hydroxylation is 1. The van der Waals surface area contributed by atoms with Gasteiger partial charge in [0.1, 0.15) is 11.9 Å². The number of methoxy groups -OCH3 is 2. The van der Waals surface area contributed by atoms with Crippen molar-refractivity contribution in [2.75, 3.05) is 47.4 Å². The van der Waals surface area contributed by atoms with Gasteiger partial charge in [-0.15, -0.1) is 0 Å². The van der Waals surface area contributed by atoms with Crippen LogP contribution in [0.2, 0.25) is 0 Å². The van der Waals surface area contributed by atoms with Crippen molar-refractivity contribution in [1.29, 1.82) is 0 Å². The van der Waals surface area contributed by atoms with Crippen molar-refractivity contribution in [3.63, 3.8) is 0 Å². The summed E-state index contributed by atoms with van der Waals surface area (Å²) < 4.78 is 10.7. The molecule has 1 aliphatic carbocycles. The van der Waals surface area contributed by atoms with Gasteiger partial charge in [0.15, 0.2) is 0 Å². The first-order valence-corrected chi connectivity index (χ1v) is 14.4. The van der Waals surface area contributed by atoms with E-state index in [2.05, 4.69) is 101 Å². The average molecular weight is 538 g/mol. The maximum Gasteiger partial charge on any atom is 0.341 e. The van der Waals surface area contributed by atoms with Gasteiger partial charge in [-0.3, -0.25) is 4.90 Å². The standard InChI is InChI=1S/C33H51N3O3/c1-11-12-19-36-28(25(3)34(8)30(36)26-16-14-13-15-24(26)2)21-35(22-32(4,5)6)23-33(7)18-17-27(31(37)39-10)29(20-33)38-9/h13-18,30H,11-12,19-23H2,1-10H3. The van der Waals surface area contributed by atoms with Crippen molar-refractivity contribution in [3.8, 4) is 0 Å². The Morgan fingerprint density at radius 1 is 1.18 bits per heavy atom. The van der Waals surface area contributed by atoms with E-state index in [4.69, 9.17) is 9.47 Å². The third kappa shape index (κ3) is 7.27. The zero-order valence-corrected chi connectivity index (χ0v) is 26.1. The number of unbranched alkanes of at least 4 members (excludes halogenated alkanes) is 1. The Hall–Kier alpha value is -2.73. The van der Waals surface area contributed by atoms with Gasteiger partial charge in [0, 0.05) is 56.5 Å². The van der Waals surface area contributed by atoms with E-state index in [0.29, 0.717) is 17.8 Å². The Morgan fingerprint density at radius 2 is 1.87 bits per heavy atom. The maximum atomic E-state index is 12.3. The van der Waals surface area contributed by atoms with Gasteiger partial charge in [-0.2, -0.15) is 0 Å². The van der Waals surface area contributed by atoms with Crippen LogP contribution in [-0.2, 0) is 14.3 Å². The van der Waals surface area contributed by atoms with Gasteiger partial charge >= 0.3 is 5.97 Å². The zero-order chi connectivity index (χ0) is 29.0. The van der Waals surface area contributed by atoms with E-state index in [1.165, 1.54) is 29.6 Å². The first-order chi connectivity index (χ1) is 18.3. The van der Waals surface area contributed by atoms with Crippen LogP contribution in [0.4, 0.5) is 0 Å². The summed E-state index contributed by atoms with van der Waals surface area (Å²) in [5, 5.41) is 0.